The van der Waals surface area contributed by atoms with E-state index in [1.54, 1.807) is 6.07 Å². The minimum absolute atomic E-state index is 0.0565. The lowest BCUT2D eigenvalue weighted by atomic mass is 10.1. The highest BCUT2D eigenvalue weighted by Gasteiger charge is 2.15. The topological polar surface area (TPSA) is 42.7 Å². The van der Waals surface area contributed by atoms with Gasteiger partial charge in [-0.25, -0.2) is 4.39 Å². The zero-order chi connectivity index (χ0) is 15.2. The van der Waals surface area contributed by atoms with E-state index in [1.807, 2.05) is 16.9 Å². The van der Waals surface area contributed by atoms with Crippen LogP contribution in [0.25, 0.3) is 0 Å². The molecule has 114 valence electrons. The molecule has 0 spiro atoms. The highest BCUT2D eigenvalue weighted by Crippen LogP contribution is 2.17. The second-order valence-corrected chi connectivity index (χ2v) is 5.49. The predicted octanol–water partition coefficient (Wildman–Crippen LogP) is 3.28. The van der Waals surface area contributed by atoms with Crippen LogP contribution in [0, 0.1) is 5.82 Å². The standard InChI is InChI=1S/C16H23FN4/c1-4-8-18-16(15-6-5-13(17)11-19-15)10-14-7-9-21(20-14)12(2)3/h5-7,9,11-12,16,18H,4,8,10H2,1-3H3. The molecular formula is C16H23FN4. The van der Waals surface area contributed by atoms with Gasteiger partial charge in [0, 0.05) is 18.7 Å². The van der Waals surface area contributed by atoms with Gasteiger partial charge in [-0.2, -0.15) is 5.10 Å². The predicted molar refractivity (Wildman–Crippen MR) is 81.5 cm³/mol. The van der Waals surface area contributed by atoms with Gasteiger partial charge in [-0.1, -0.05) is 6.92 Å². The molecule has 0 aliphatic heterocycles. The zero-order valence-corrected chi connectivity index (χ0v) is 12.9. The first-order valence-electron chi connectivity index (χ1n) is 7.49. The van der Waals surface area contributed by atoms with Crippen LogP contribution in [0.1, 0.15) is 50.7 Å². The van der Waals surface area contributed by atoms with Crippen LogP contribution in [-0.4, -0.2) is 21.3 Å². The maximum absolute atomic E-state index is 13.0. The Labute approximate surface area is 125 Å². The van der Waals surface area contributed by atoms with Gasteiger partial charge in [-0.15, -0.1) is 0 Å². The summed E-state index contributed by atoms with van der Waals surface area (Å²) in [6.07, 6.45) is 5.05. The van der Waals surface area contributed by atoms with Gasteiger partial charge in [-0.05, 0) is 45.0 Å². The molecule has 0 aliphatic rings. The second kappa shape index (κ2) is 7.31. The number of hydrogen-bond acceptors (Lipinski definition) is 3. The summed E-state index contributed by atoms with van der Waals surface area (Å²) >= 11 is 0. The quantitative estimate of drug-likeness (QED) is 0.851. The average molecular weight is 290 g/mol. The number of nitrogens with zero attached hydrogens (tertiary/aromatic N) is 3. The molecule has 2 rings (SSSR count). The molecule has 2 heterocycles. The summed E-state index contributed by atoms with van der Waals surface area (Å²) in [6.45, 7) is 7.22. The smallest absolute Gasteiger partial charge is 0.141 e. The van der Waals surface area contributed by atoms with Crippen molar-refractivity contribution in [3.05, 3.63) is 47.8 Å². The third-order valence-electron chi connectivity index (χ3n) is 3.35. The monoisotopic (exact) mass is 290 g/mol. The van der Waals surface area contributed by atoms with Crippen molar-refractivity contribution in [2.24, 2.45) is 0 Å². The van der Waals surface area contributed by atoms with Crippen molar-refractivity contribution in [2.45, 2.75) is 45.7 Å². The van der Waals surface area contributed by atoms with Gasteiger partial charge in [-0.3, -0.25) is 9.67 Å². The van der Waals surface area contributed by atoms with E-state index in [0.717, 1.165) is 30.8 Å². The lowest BCUT2D eigenvalue weighted by molar-refractivity contribution is 0.491. The molecule has 0 saturated heterocycles. The highest BCUT2D eigenvalue weighted by molar-refractivity contribution is 5.13. The fraction of sp³-hybridized carbons (Fsp3) is 0.500. The van der Waals surface area contributed by atoms with Crippen molar-refractivity contribution in [3.8, 4) is 0 Å². The summed E-state index contributed by atoms with van der Waals surface area (Å²) in [4.78, 5) is 4.20. The van der Waals surface area contributed by atoms with Gasteiger partial charge in [0.25, 0.3) is 0 Å². The third-order valence-corrected chi connectivity index (χ3v) is 3.35. The molecule has 1 atom stereocenters. The van der Waals surface area contributed by atoms with Crippen molar-refractivity contribution in [1.29, 1.82) is 0 Å². The van der Waals surface area contributed by atoms with E-state index in [-0.39, 0.29) is 11.9 Å². The maximum atomic E-state index is 13.0. The van der Waals surface area contributed by atoms with Crippen LogP contribution < -0.4 is 5.32 Å². The van der Waals surface area contributed by atoms with Gasteiger partial charge in [0.2, 0.25) is 0 Å². The Morgan fingerprint density at radius 2 is 2.10 bits per heavy atom. The van der Waals surface area contributed by atoms with E-state index in [9.17, 15) is 4.39 Å². The molecule has 1 unspecified atom stereocenters. The largest absolute Gasteiger partial charge is 0.308 e. The van der Waals surface area contributed by atoms with Gasteiger partial charge >= 0.3 is 0 Å². The molecule has 0 amide bonds. The van der Waals surface area contributed by atoms with E-state index < -0.39 is 0 Å². The Bertz CT molecular complexity index is 548. The summed E-state index contributed by atoms with van der Waals surface area (Å²) in [6, 6.07) is 5.63. The van der Waals surface area contributed by atoms with Crippen LogP contribution in [0.4, 0.5) is 4.39 Å². The van der Waals surface area contributed by atoms with Gasteiger partial charge < -0.3 is 5.32 Å². The molecule has 0 saturated carbocycles. The Kier molecular flexibility index (Phi) is 5.44. The normalized spacial score (nSPS) is 12.8. The number of halogens is 1. The molecule has 2 aromatic rings. The molecule has 0 fully saturated rings. The van der Waals surface area contributed by atoms with Crippen LogP contribution in [-0.2, 0) is 6.42 Å². The summed E-state index contributed by atoms with van der Waals surface area (Å²) in [5.74, 6) is -0.308. The van der Waals surface area contributed by atoms with E-state index >= 15 is 0 Å². The number of hydrogen-bond donors (Lipinski definition) is 1. The van der Waals surface area contributed by atoms with Crippen LogP contribution in [0.15, 0.2) is 30.6 Å². The van der Waals surface area contributed by atoms with Crippen LogP contribution in [0.2, 0.25) is 0 Å². The summed E-state index contributed by atoms with van der Waals surface area (Å²) in [7, 11) is 0. The molecule has 5 heteroatoms. The number of nitrogens with one attached hydrogen (secondary N) is 1. The molecule has 2 aromatic heterocycles. The Hall–Kier alpha value is -1.75. The van der Waals surface area contributed by atoms with E-state index in [4.69, 9.17) is 0 Å². The van der Waals surface area contributed by atoms with Gasteiger partial charge in [0.1, 0.15) is 5.82 Å². The molecule has 21 heavy (non-hydrogen) atoms. The molecule has 4 nitrogen and oxygen atoms in total. The summed E-state index contributed by atoms with van der Waals surface area (Å²) in [5, 5.41) is 8.03. The van der Waals surface area contributed by atoms with Crippen LogP contribution in [0.3, 0.4) is 0 Å². The Morgan fingerprint density at radius 1 is 1.29 bits per heavy atom. The Balaban J connectivity index is 2.13. The van der Waals surface area contributed by atoms with Crippen molar-refractivity contribution in [1.82, 2.24) is 20.1 Å². The number of pyridine rings is 1. The first-order valence-corrected chi connectivity index (χ1v) is 7.49. The zero-order valence-electron chi connectivity index (χ0n) is 12.9. The van der Waals surface area contributed by atoms with Crippen molar-refractivity contribution in [3.63, 3.8) is 0 Å². The molecule has 0 radical (unpaired) electrons. The number of aromatic nitrogens is 3. The van der Waals surface area contributed by atoms with E-state index in [1.165, 1.54) is 12.3 Å². The fourth-order valence-corrected chi connectivity index (χ4v) is 2.18. The van der Waals surface area contributed by atoms with Crippen LogP contribution >= 0.6 is 0 Å². The number of rotatable bonds is 7. The first kappa shape index (κ1) is 15.6. The third kappa shape index (κ3) is 4.36. The van der Waals surface area contributed by atoms with E-state index in [2.05, 4.69) is 36.2 Å². The summed E-state index contributed by atoms with van der Waals surface area (Å²) in [5.41, 5.74) is 1.87. The van der Waals surface area contributed by atoms with Gasteiger partial charge in [0.15, 0.2) is 0 Å². The lowest BCUT2D eigenvalue weighted by Crippen LogP contribution is -2.25. The van der Waals surface area contributed by atoms with Crippen LogP contribution in [0.5, 0.6) is 0 Å². The van der Waals surface area contributed by atoms with Crippen molar-refractivity contribution >= 4 is 0 Å². The lowest BCUT2D eigenvalue weighted by Gasteiger charge is -2.17. The summed E-state index contributed by atoms with van der Waals surface area (Å²) < 4.78 is 15.0. The minimum Gasteiger partial charge on any atom is -0.308 e. The Morgan fingerprint density at radius 3 is 2.67 bits per heavy atom. The highest BCUT2D eigenvalue weighted by atomic mass is 19.1. The second-order valence-electron chi connectivity index (χ2n) is 5.49. The van der Waals surface area contributed by atoms with Crippen molar-refractivity contribution in [2.75, 3.05) is 6.54 Å². The molecule has 0 aromatic carbocycles. The molecule has 0 aliphatic carbocycles. The molecule has 1 N–H and O–H groups in total. The fourth-order valence-electron chi connectivity index (χ4n) is 2.18. The minimum atomic E-state index is -0.308. The SMILES string of the molecule is CCCNC(Cc1ccn(C(C)C)n1)c1ccc(F)cn1. The van der Waals surface area contributed by atoms with Gasteiger partial charge in [0.05, 0.1) is 23.6 Å². The maximum Gasteiger partial charge on any atom is 0.141 e. The van der Waals surface area contributed by atoms with E-state index in [0.29, 0.717) is 6.04 Å². The van der Waals surface area contributed by atoms with Crippen molar-refractivity contribution < 1.29 is 4.39 Å². The average Bonchev–Trinajstić information content (AvgIpc) is 2.93. The molecule has 0 bridgehead atoms. The molecular weight excluding hydrogens is 267 g/mol. The first-order chi connectivity index (χ1) is 10.1.